The molecule has 0 radical (unpaired) electrons. The van der Waals surface area contributed by atoms with Crippen molar-refractivity contribution < 1.29 is 39.6 Å². The van der Waals surface area contributed by atoms with Crippen LogP contribution < -0.4 is 5.32 Å². The Kier molecular flexibility index (Phi) is 8.53. The summed E-state index contributed by atoms with van der Waals surface area (Å²) in [6, 6.07) is -1.98. The highest BCUT2D eigenvalue weighted by molar-refractivity contribution is 5.76. The van der Waals surface area contributed by atoms with Gasteiger partial charge in [0.2, 0.25) is 0 Å². The van der Waals surface area contributed by atoms with Gasteiger partial charge >= 0.3 is 24.0 Å². The van der Waals surface area contributed by atoms with Gasteiger partial charge in [0, 0.05) is 12.6 Å². The smallest absolute Gasteiger partial charge is 0.407 e. The number of nitrogens with zero attached hydrogens (tertiary/aromatic N) is 1. The van der Waals surface area contributed by atoms with E-state index in [-0.39, 0.29) is 19.4 Å². The highest BCUT2D eigenvalue weighted by Crippen LogP contribution is 2.13. The molecule has 0 fully saturated rings. The maximum absolute atomic E-state index is 11.2. The quantitative estimate of drug-likeness (QED) is 0.345. The van der Waals surface area contributed by atoms with E-state index in [4.69, 9.17) is 20.4 Å². The zero-order valence-corrected chi connectivity index (χ0v) is 12.1. The fourth-order valence-electron chi connectivity index (χ4n) is 1.92. The number of hydrogen-bond donors (Lipinski definition) is 5. The molecule has 0 spiro atoms. The minimum absolute atomic E-state index is 0.162. The van der Waals surface area contributed by atoms with Crippen LogP contribution in [-0.2, 0) is 14.4 Å². The molecule has 0 saturated carbocycles. The summed E-state index contributed by atoms with van der Waals surface area (Å²) < 4.78 is 0. The van der Waals surface area contributed by atoms with Crippen molar-refractivity contribution in [3.05, 3.63) is 0 Å². The molecule has 0 aliphatic heterocycles. The van der Waals surface area contributed by atoms with Crippen LogP contribution in [0.1, 0.15) is 26.2 Å². The molecule has 10 heteroatoms. The van der Waals surface area contributed by atoms with Crippen LogP contribution in [0, 0.1) is 0 Å². The number of amides is 1. The molecule has 2 unspecified atom stereocenters. The topological polar surface area (TPSA) is 164 Å². The van der Waals surface area contributed by atoms with Gasteiger partial charge in [0.1, 0.15) is 6.04 Å². The van der Waals surface area contributed by atoms with Crippen molar-refractivity contribution in [3.63, 3.8) is 0 Å². The second kappa shape index (κ2) is 9.55. The van der Waals surface area contributed by atoms with E-state index in [0.717, 1.165) is 4.90 Å². The van der Waals surface area contributed by atoms with Crippen LogP contribution in [0.5, 0.6) is 0 Å². The number of nitrogens with one attached hydrogen (secondary N) is 1. The highest BCUT2D eigenvalue weighted by Gasteiger charge is 2.28. The van der Waals surface area contributed by atoms with Gasteiger partial charge in [0.15, 0.2) is 0 Å². The van der Waals surface area contributed by atoms with Gasteiger partial charge in [-0.3, -0.25) is 19.7 Å². The molecule has 0 bridgehead atoms. The van der Waals surface area contributed by atoms with Gasteiger partial charge in [0.05, 0.1) is 13.0 Å². The summed E-state index contributed by atoms with van der Waals surface area (Å²) in [7, 11) is 0. The first-order chi connectivity index (χ1) is 10.2. The Labute approximate surface area is 126 Å². The van der Waals surface area contributed by atoms with Crippen molar-refractivity contribution in [1.29, 1.82) is 0 Å². The molecule has 0 aromatic rings. The molecular formula is C12H20N2O8. The zero-order valence-electron chi connectivity index (χ0n) is 12.1. The minimum Gasteiger partial charge on any atom is -0.481 e. The average molecular weight is 320 g/mol. The molecule has 2 atom stereocenters. The first-order valence-electron chi connectivity index (χ1n) is 6.58. The molecule has 0 aromatic carbocycles. The Balaban J connectivity index is 4.91. The fourth-order valence-corrected chi connectivity index (χ4v) is 1.92. The molecule has 5 N–H and O–H groups in total. The summed E-state index contributed by atoms with van der Waals surface area (Å²) in [5.74, 6) is -3.71. The molecule has 0 aliphatic rings. The van der Waals surface area contributed by atoms with Crippen LogP contribution in [0.2, 0.25) is 0 Å². The first-order valence-corrected chi connectivity index (χ1v) is 6.58. The first kappa shape index (κ1) is 19.6. The van der Waals surface area contributed by atoms with E-state index in [2.05, 4.69) is 5.32 Å². The molecule has 22 heavy (non-hydrogen) atoms. The molecule has 0 aromatic heterocycles. The summed E-state index contributed by atoms with van der Waals surface area (Å²) in [6.45, 7) is 0.793. The van der Waals surface area contributed by atoms with Gasteiger partial charge in [-0.05, 0) is 12.8 Å². The molecule has 10 nitrogen and oxygen atoms in total. The summed E-state index contributed by atoms with van der Waals surface area (Å²) in [6.07, 6.45) is -1.64. The Morgan fingerprint density at radius 1 is 1.05 bits per heavy atom. The third-order valence-electron chi connectivity index (χ3n) is 3.03. The molecule has 0 rings (SSSR count). The maximum atomic E-state index is 11.2. The molecule has 1 amide bonds. The third-order valence-corrected chi connectivity index (χ3v) is 3.03. The van der Waals surface area contributed by atoms with Crippen LogP contribution in [0.4, 0.5) is 4.79 Å². The van der Waals surface area contributed by atoms with Crippen LogP contribution >= 0.6 is 0 Å². The second-order valence-corrected chi connectivity index (χ2v) is 4.58. The minimum atomic E-state index is -1.35. The molecular weight excluding hydrogens is 300 g/mol. The van der Waals surface area contributed by atoms with E-state index >= 15 is 0 Å². The van der Waals surface area contributed by atoms with Gasteiger partial charge in [-0.25, -0.2) is 4.79 Å². The van der Waals surface area contributed by atoms with Gasteiger partial charge in [0.25, 0.3) is 0 Å². The van der Waals surface area contributed by atoms with Crippen molar-refractivity contribution in [2.24, 2.45) is 0 Å². The Bertz CT molecular complexity index is 425. The number of rotatable bonds is 11. The zero-order chi connectivity index (χ0) is 17.3. The number of carbonyl (C=O) groups is 4. The standard InChI is InChI=1S/C12H20N2O8/c1-2-7(14(12(21)22)4-3-9(15)16)5-8(11(19)20)13-6-10(17)18/h7-8,13H,2-6H2,1H3,(H,15,16)(H,17,18)(H,19,20)(H,21,22). The predicted octanol–water partition coefficient (Wildman–Crippen LogP) is -0.263. The number of carboxylic acids is 3. The monoisotopic (exact) mass is 320 g/mol. The van der Waals surface area contributed by atoms with Crippen molar-refractivity contribution in [3.8, 4) is 0 Å². The van der Waals surface area contributed by atoms with Crippen molar-refractivity contribution in [2.45, 2.75) is 38.3 Å². The van der Waals surface area contributed by atoms with Gasteiger partial charge in [-0.15, -0.1) is 0 Å². The lowest BCUT2D eigenvalue weighted by Crippen LogP contribution is -2.48. The lowest BCUT2D eigenvalue weighted by atomic mass is 10.0. The summed E-state index contributed by atoms with van der Waals surface area (Å²) in [5, 5.41) is 37.7. The Morgan fingerprint density at radius 2 is 1.64 bits per heavy atom. The van der Waals surface area contributed by atoms with Gasteiger partial charge in [-0.1, -0.05) is 6.92 Å². The van der Waals surface area contributed by atoms with Crippen molar-refractivity contribution in [1.82, 2.24) is 10.2 Å². The fraction of sp³-hybridized carbons (Fsp3) is 0.667. The Hall–Kier alpha value is -2.36. The van der Waals surface area contributed by atoms with Crippen LogP contribution in [0.15, 0.2) is 0 Å². The number of hydrogen-bond acceptors (Lipinski definition) is 5. The van der Waals surface area contributed by atoms with E-state index in [1.54, 1.807) is 6.92 Å². The van der Waals surface area contributed by atoms with E-state index in [9.17, 15) is 19.2 Å². The third kappa shape index (κ3) is 7.43. The largest absolute Gasteiger partial charge is 0.481 e. The highest BCUT2D eigenvalue weighted by atomic mass is 16.4. The van der Waals surface area contributed by atoms with Crippen LogP contribution in [0.25, 0.3) is 0 Å². The Morgan fingerprint density at radius 3 is 2.00 bits per heavy atom. The second-order valence-electron chi connectivity index (χ2n) is 4.58. The van der Waals surface area contributed by atoms with E-state index < -0.39 is 49.1 Å². The van der Waals surface area contributed by atoms with Crippen LogP contribution in [0.3, 0.4) is 0 Å². The van der Waals surface area contributed by atoms with Crippen LogP contribution in [-0.4, -0.2) is 74.5 Å². The van der Waals surface area contributed by atoms with E-state index in [1.807, 2.05) is 0 Å². The van der Waals surface area contributed by atoms with Gasteiger partial charge in [-0.2, -0.15) is 0 Å². The SMILES string of the molecule is CCC(CC(NCC(=O)O)C(=O)O)N(CCC(=O)O)C(=O)O. The van der Waals surface area contributed by atoms with Crippen molar-refractivity contribution >= 4 is 24.0 Å². The summed E-state index contributed by atoms with van der Waals surface area (Å²) in [5.41, 5.74) is 0. The molecule has 0 saturated heterocycles. The molecule has 0 aliphatic carbocycles. The average Bonchev–Trinajstić information content (AvgIpc) is 2.39. The van der Waals surface area contributed by atoms with E-state index in [1.165, 1.54) is 0 Å². The maximum Gasteiger partial charge on any atom is 0.407 e. The summed E-state index contributed by atoms with van der Waals surface area (Å²) >= 11 is 0. The molecule has 0 heterocycles. The predicted molar refractivity (Wildman–Crippen MR) is 72.7 cm³/mol. The number of carboxylic acid groups (broad SMARTS) is 4. The normalized spacial score (nSPS) is 13.1. The van der Waals surface area contributed by atoms with Crippen molar-refractivity contribution in [2.75, 3.05) is 13.1 Å². The van der Waals surface area contributed by atoms with E-state index in [0.29, 0.717) is 0 Å². The van der Waals surface area contributed by atoms with Gasteiger partial charge < -0.3 is 25.3 Å². The molecule has 126 valence electrons. The summed E-state index contributed by atoms with van der Waals surface area (Å²) in [4.78, 5) is 44.2. The number of aliphatic carboxylic acids is 3. The lowest BCUT2D eigenvalue weighted by molar-refractivity contribution is -0.141. The lowest BCUT2D eigenvalue weighted by Gasteiger charge is -2.30.